The summed E-state index contributed by atoms with van der Waals surface area (Å²) in [6.07, 6.45) is 0. The van der Waals surface area contributed by atoms with Crippen molar-refractivity contribution >= 4 is 52.5 Å². The molecule has 2 N–H and O–H groups in total. The number of anilines is 1. The van der Waals surface area contributed by atoms with E-state index in [1.54, 1.807) is 61.2 Å². The molecule has 0 saturated heterocycles. The fraction of sp³-hybridized carbons (Fsp3) is 0.238. The lowest BCUT2D eigenvalue weighted by Gasteiger charge is -2.14. The number of methoxy groups -OCH3 is 1. The van der Waals surface area contributed by atoms with Crippen molar-refractivity contribution in [1.29, 1.82) is 0 Å². The molecule has 32 heavy (non-hydrogen) atoms. The summed E-state index contributed by atoms with van der Waals surface area (Å²) in [6.45, 7) is 1.81. The Morgan fingerprint density at radius 2 is 1.78 bits per heavy atom. The molecule has 0 aliphatic carbocycles. The van der Waals surface area contributed by atoms with Gasteiger partial charge < -0.3 is 19.9 Å². The van der Waals surface area contributed by atoms with Gasteiger partial charge in [-0.25, -0.2) is 0 Å². The van der Waals surface area contributed by atoms with Crippen molar-refractivity contribution in [2.75, 3.05) is 18.2 Å². The van der Waals surface area contributed by atoms with Crippen LogP contribution in [0.2, 0.25) is 10.0 Å². The Morgan fingerprint density at radius 3 is 2.41 bits per heavy atom. The third kappa shape index (κ3) is 6.15. The van der Waals surface area contributed by atoms with Crippen molar-refractivity contribution in [2.45, 2.75) is 18.1 Å². The van der Waals surface area contributed by atoms with E-state index < -0.39 is 0 Å². The first-order chi connectivity index (χ1) is 15.3. The largest absolute Gasteiger partial charge is 0.497 e. The van der Waals surface area contributed by atoms with Crippen LogP contribution in [0.1, 0.15) is 29.1 Å². The van der Waals surface area contributed by atoms with Gasteiger partial charge in [0.05, 0.1) is 18.9 Å². The summed E-state index contributed by atoms with van der Waals surface area (Å²) in [6, 6.07) is 11.2. The Hall–Kier alpha value is -2.75. The Morgan fingerprint density at radius 1 is 1.12 bits per heavy atom. The van der Waals surface area contributed by atoms with Crippen LogP contribution < -0.4 is 15.4 Å². The minimum absolute atomic E-state index is 0.114. The van der Waals surface area contributed by atoms with E-state index >= 15 is 0 Å². The fourth-order valence-corrected chi connectivity index (χ4v) is 4.11. The fourth-order valence-electron chi connectivity index (χ4n) is 2.87. The van der Waals surface area contributed by atoms with Crippen LogP contribution in [0, 0.1) is 0 Å². The smallest absolute Gasteiger partial charge is 0.251 e. The minimum atomic E-state index is -0.390. The maximum Gasteiger partial charge on any atom is 0.251 e. The van der Waals surface area contributed by atoms with E-state index in [0.29, 0.717) is 38.0 Å². The second-order valence-electron chi connectivity index (χ2n) is 6.82. The lowest BCUT2D eigenvalue weighted by Crippen LogP contribution is -2.28. The van der Waals surface area contributed by atoms with E-state index in [-0.39, 0.29) is 23.6 Å². The number of carbonyl (C=O) groups excluding carboxylic acids is 2. The molecular formula is C21H21Cl2N5O3S. The molecule has 2 amide bonds. The van der Waals surface area contributed by atoms with Gasteiger partial charge in [-0.3, -0.25) is 9.59 Å². The molecule has 0 aliphatic rings. The lowest BCUT2D eigenvalue weighted by atomic mass is 10.2. The van der Waals surface area contributed by atoms with Gasteiger partial charge in [0.1, 0.15) is 5.75 Å². The summed E-state index contributed by atoms with van der Waals surface area (Å²) in [7, 11) is 3.35. The second-order valence-corrected chi connectivity index (χ2v) is 8.63. The van der Waals surface area contributed by atoms with Crippen LogP contribution in [-0.2, 0) is 11.8 Å². The van der Waals surface area contributed by atoms with Gasteiger partial charge in [-0.2, -0.15) is 0 Å². The first kappa shape index (κ1) is 23.9. The molecule has 0 saturated carbocycles. The highest BCUT2D eigenvalue weighted by molar-refractivity contribution is 7.99. The van der Waals surface area contributed by atoms with Crippen molar-refractivity contribution in [1.82, 2.24) is 20.1 Å². The summed E-state index contributed by atoms with van der Waals surface area (Å²) in [5.74, 6) is 0.877. The molecule has 0 unspecified atom stereocenters. The average Bonchev–Trinajstić information content (AvgIpc) is 3.12. The molecule has 1 heterocycles. The monoisotopic (exact) mass is 493 g/mol. The van der Waals surface area contributed by atoms with E-state index in [0.717, 1.165) is 0 Å². The SMILES string of the molecule is COc1ccc(C(=O)N[C@H](C)c2nnc(SCC(=O)Nc3cc(Cl)cc(Cl)c3)n2C)cc1. The average molecular weight is 494 g/mol. The summed E-state index contributed by atoms with van der Waals surface area (Å²) in [4.78, 5) is 24.8. The van der Waals surface area contributed by atoms with Gasteiger partial charge in [-0.05, 0) is 49.4 Å². The first-order valence-electron chi connectivity index (χ1n) is 9.49. The Kier molecular flexibility index (Phi) is 8.00. The molecule has 0 bridgehead atoms. The van der Waals surface area contributed by atoms with Gasteiger partial charge in [0.15, 0.2) is 11.0 Å². The van der Waals surface area contributed by atoms with Crippen LogP contribution in [-0.4, -0.2) is 39.4 Å². The number of hydrogen-bond acceptors (Lipinski definition) is 6. The van der Waals surface area contributed by atoms with E-state index in [1.807, 2.05) is 6.92 Å². The molecular weight excluding hydrogens is 473 g/mol. The van der Waals surface area contributed by atoms with Crippen LogP contribution in [0.3, 0.4) is 0 Å². The maximum absolute atomic E-state index is 12.5. The number of carbonyl (C=O) groups is 2. The van der Waals surface area contributed by atoms with Gasteiger partial charge in [-0.15, -0.1) is 10.2 Å². The van der Waals surface area contributed by atoms with Crippen LogP contribution in [0.25, 0.3) is 0 Å². The molecule has 0 spiro atoms. The Bertz CT molecular complexity index is 1100. The number of amides is 2. The zero-order chi connectivity index (χ0) is 23.3. The van der Waals surface area contributed by atoms with E-state index in [1.165, 1.54) is 11.8 Å². The number of rotatable bonds is 8. The summed E-state index contributed by atoms with van der Waals surface area (Å²) >= 11 is 13.1. The number of ether oxygens (including phenoxy) is 1. The van der Waals surface area contributed by atoms with Crippen LogP contribution in [0.4, 0.5) is 5.69 Å². The lowest BCUT2D eigenvalue weighted by molar-refractivity contribution is -0.113. The van der Waals surface area contributed by atoms with Crippen molar-refractivity contribution < 1.29 is 14.3 Å². The number of nitrogens with one attached hydrogen (secondary N) is 2. The molecule has 168 valence electrons. The predicted octanol–water partition coefficient (Wildman–Crippen LogP) is 4.35. The summed E-state index contributed by atoms with van der Waals surface area (Å²) in [5, 5.41) is 15.4. The Balaban J connectivity index is 1.57. The topological polar surface area (TPSA) is 98.1 Å². The normalized spacial score (nSPS) is 11.7. The van der Waals surface area contributed by atoms with Crippen LogP contribution >= 0.6 is 35.0 Å². The molecule has 3 aromatic rings. The summed E-state index contributed by atoms with van der Waals surface area (Å²) < 4.78 is 6.85. The number of thioether (sulfide) groups is 1. The van der Waals surface area contributed by atoms with Gasteiger partial charge >= 0.3 is 0 Å². The molecule has 1 atom stereocenters. The molecule has 2 aromatic carbocycles. The highest BCUT2D eigenvalue weighted by atomic mass is 35.5. The molecule has 1 aromatic heterocycles. The third-order valence-electron chi connectivity index (χ3n) is 4.43. The number of nitrogens with zero attached hydrogens (tertiary/aromatic N) is 3. The zero-order valence-corrected chi connectivity index (χ0v) is 19.9. The van der Waals surface area contributed by atoms with E-state index in [4.69, 9.17) is 27.9 Å². The Labute approximate surface area is 199 Å². The van der Waals surface area contributed by atoms with Crippen molar-refractivity contribution in [2.24, 2.45) is 7.05 Å². The number of benzene rings is 2. The van der Waals surface area contributed by atoms with Gasteiger partial charge in [0, 0.05) is 28.3 Å². The van der Waals surface area contributed by atoms with Crippen molar-refractivity contribution in [3.05, 3.63) is 63.9 Å². The zero-order valence-electron chi connectivity index (χ0n) is 17.6. The van der Waals surface area contributed by atoms with Gasteiger partial charge in [0.2, 0.25) is 5.91 Å². The molecule has 3 rings (SSSR count). The number of hydrogen-bond donors (Lipinski definition) is 2. The van der Waals surface area contributed by atoms with E-state index in [2.05, 4.69) is 20.8 Å². The third-order valence-corrected chi connectivity index (χ3v) is 5.89. The molecule has 0 aliphatic heterocycles. The van der Waals surface area contributed by atoms with Crippen LogP contribution in [0.5, 0.6) is 5.75 Å². The molecule has 8 nitrogen and oxygen atoms in total. The standard InChI is InChI=1S/C21H21Cl2N5O3S/c1-12(24-20(30)13-4-6-17(31-3)7-5-13)19-26-27-21(28(19)2)32-11-18(29)25-16-9-14(22)8-15(23)10-16/h4-10,12H,11H2,1-3H3,(H,24,30)(H,25,29)/t12-/m1/s1. The molecule has 0 fully saturated rings. The van der Waals surface area contributed by atoms with Crippen molar-refractivity contribution in [3.8, 4) is 5.75 Å². The summed E-state index contributed by atoms with van der Waals surface area (Å²) in [5.41, 5.74) is 1.02. The highest BCUT2D eigenvalue weighted by Crippen LogP contribution is 2.24. The van der Waals surface area contributed by atoms with Gasteiger partial charge in [-0.1, -0.05) is 35.0 Å². The molecule has 0 radical (unpaired) electrons. The number of aromatic nitrogens is 3. The van der Waals surface area contributed by atoms with Crippen molar-refractivity contribution in [3.63, 3.8) is 0 Å². The van der Waals surface area contributed by atoms with Gasteiger partial charge in [0.25, 0.3) is 5.91 Å². The predicted molar refractivity (Wildman–Crippen MR) is 126 cm³/mol. The number of halogens is 2. The quantitative estimate of drug-likeness (QED) is 0.452. The second kappa shape index (κ2) is 10.7. The first-order valence-corrected chi connectivity index (χ1v) is 11.2. The minimum Gasteiger partial charge on any atom is -0.497 e. The molecule has 11 heteroatoms. The highest BCUT2D eigenvalue weighted by Gasteiger charge is 2.19. The van der Waals surface area contributed by atoms with Crippen LogP contribution in [0.15, 0.2) is 47.6 Å². The van der Waals surface area contributed by atoms with E-state index in [9.17, 15) is 9.59 Å². The maximum atomic E-state index is 12.5.